The Balaban J connectivity index is 2.69. The zero-order valence-corrected chi connectivity index (χ0v) is 11.8. The van der Waals surface area contributed by atoms with Crippen LogP contribution in [-0.2, 0) is 4.74 Å². The zero-order valence-electron chi connectivity index (χ0n) is 11.8. The molecule has 0 aliphatic rings. The largest absolute Gasteiger partial charge is 0.491 e. The first kappa shape index (κ1) is 15.0. The van der Waals surface area contributed by atoms with Gasteiger partial charge in [0.1, 0.15) is 5.75 Å². The molecule has 0 aliphatic heterocycles. The number of nitrogens with two attached hydrogens (primary N) is 1. The molecule has 0 spiro atoms. The Morgan fingerprint density at radius 1 is 1.22 bits per heavy atom. The summed E-state index contributed by atoms with van der Waals surface area (Å²) in [4.78, 5) is 0. The smallest absolute Gasteiger partial charge is 0.120 e. The lowest BCUT2D eigenvalue weighted by Crippen LogP contribution is -2.20. The molecule has 0 aliphatic carbocycles. The van der Waals surface area contributed by atoms with E-state index in [1.165, 1.54) is 0 Å². The van der Waals surface area contributed by atoms with E-state index in [9.17, 15) is 0 Å². The molecular formula is C15H25NO2. The minimum Gasteiger partial charge on any atom is -0.491 e. The number of benzene rings is 1. The molecule has 0 bridgehead atoms. The minimum absolute atomic E-state index is 0.0239. The second-order valence-electron chi connectivity index (χ2n) is 5.02. The topological polar surface area (TPSA) is 44.5 Å². The molecular weight excluding hydrogens is 226 g/mol. The standard InChI is InChI=1S/C15H25NO2/c1-11(2)18-14-7-5-6-13(10-14)15(16)12(3)8-9-17-4/h5-7,10-12,15H,8-9,16H2,1-4H3. The van der Waals surface area contributed by atoms with Gasteiger partial charge in [-0.1, -0.05) is 19.1 Å². The third kappa shape index (κ3) is 4.67. The summed E-state index contributed by atoms with van der Waals surface area (Å²) >= 11 is 0. The van der Waals surface area contributed by atoms with Crippen LogP contribution in [0.25, 0.3) is 0 Å². The lowest BCUT2D eigenvalue weighted by atomic mass is 9.93. The van der Waals surface area contributed by atoms with Crippen LogP contribution in [0.2, 0.25) is 0 Å². The molecule has 0 heterocycles. The molecule has 1 rings (SSSR count). The van der Waals surface area contributed by atoms with Crippen molar-refractivity contribution in [3.05, 3.63) is 29.8 Å². The van der Waals surface area contributed by atoms with E-state index in [2.05, 4.69) is 13.0 Å². The highest BCUT2D eigenvalue weighted by atomic mass is 16.5. The predicted octanol–water partition coefficient (Wildman–Crippen LogP) is 3.15. The highest BCUT2D eigenvalue weighted by molar-refractivity contribution is 5.30. The first-order valence-corrected chi connectivity index (χ1v) is 6.55. The van der Waals surface area contributed by atoms with Crippen molar-refractivity contribution in [2.24, 2.45) is 11.7 Å². The molecule has 0 amide bonds. The molecule has 2 unspecified atom stereocenters. The molecule has 2 atom stereocenters. The van der Waals surface area contributed by atoms with Crippen molar-refractivity contribution in [2.45, 2.75) is 39.3 Å². The van der Waals surface area contributed by atoms with E-state index in [-0.39, 0.29) is 12.1 Å². The van der Waals surface area contributed by atoms with E-state index in [4.69, 9.17) is 15.2 Å². The summed E-state index contributed by atoms with van der Waals surface area (Å²) in [6.45, 7) is 6.94. The third-order valence-electron chi connectivity index (χ3n) is 3.01. The van der Waals surface area contributed by atoms with E-state index < -0.39 is 0 Å². The molecule has 0 saturated heterocycles. The first-order valence-electron chi connectivity index (χ1n) is 6.55. The molecule has 3 heteroatoms. The van der Waals surface area contributed by atoms with Crippen LogP contribution in [0.5, 0.6) is 5.75 Å². The van der Waals surface area contributed by atoms with Gasteiger partial charge in [-0.15, -0.1) is 0 Å². The fraction of sp³-hybridized carbons (Fsp3) is 0.600. The van der Waals surface area contributed by atoms with Crippen molar-refractivity contribution >= 4 is 0 Å². The highest BCUT2D eigenvalue weighted by Crippen LogP contribution is 2.25. The first-order chi connectivity index (χ1) is 8.54. The molecule has 0 fully saturated rings. The second-order valence-corrected chi connectivity index (χ2v) is 5.02. The average Bonchev–Trinajstić information content (AvgIpc) is 2.34. The molecule has 18 heavy (non-hydrogen) atoms. The summed E-state index contributed by atoms with van der Waals surface area (Å²) < 4.78 is 10.8. The number of hydrogen-bond acceptors (Lipinski definition) is 3. The number of rotatable bonds is 7. The van der Waals surface area contributed by atoms with Gasteiger partial charge in [-0.05, 0) is 43.9 Å². The van der Waals surface area contributed by atoms with E-state index in [0.29, 0.717) is 5.92 Å². The van der Waals surface area contributed by atoms with Crippen molar-refractivity contribution in [3.8, 4) is 5.75 Å². The van der Waals surface area contributed by atoms with Crippen LogP contribution >= 0.6 is 0 Å². The molecule has 102 valence electrons. The maximum absolute atomic E-state index is 6.27. The Hall–Kier alpha value is -1.06. The van der Waals surface area contributed by atoms with E-state index >= 15 is 0 Å². The second kappa shape index (κ2) is 7.39. The van der Waals surface area contributed by atoms with Gasteiger partial charge in [0.15, 0.2) is 0 Å². The molecule has 1 aromatic rings. The SMILES string of the molecule is COCCC(C)C(N)c1cccc(OC(C)C)c1. The van der Waals surface area contributed by atoms with Gasteiger partial charge in [0, 0.05) is 19.8 Å². The Labute approximate surface area is 110 Å². The van der Waals surface area contributed by atoms with E-state index in [1.807, 2.05) is 32.0 Å². The number of methoxy groups -OCH3 is 1. The zero-order chi connectivity index (χ0) is 13.5. The third-order valence-corrected chi connectivity index (χ3v) is 3.01. The van der Waals surface area contributed by atoms with Gasteiger partial charge in [-0.2, -0.15) is 0 Å². The number of hydrogen-bond donors (Lipinski definition) is 1. The summed E-state index contributed by atoms with van der Waals surface area (Å²) in [6.07, 6.45) is 1.15. The summed E-state index contributed by atoms with van der Waals surface area (Å²) in [5, 5.41) is 0. The molecule has 0 aromatic heterocycles. The average molecular weight is 251 g/mol. The van der Waals surface area contributed by atoms with Crippen LogP contribution in [0.1, 0.15) is 38.8 Å². The summed E-state index contributed by atoms with van der Waals surface area (Å²) in [6, 6.07) is 8.08. The Bertz CT molecular complexity index is 352. The lowest BCUT2D eigenvalue weighted by molar-refractivity contribution is 0.174. The fourth-order valence-electron chi connectivity index (χ4n) is 1.88. The fourth-order valence-corrected chi connectivity index (χ4v) is 1.88. The van der Waals surface area contributed by atoms with Gasteiger partial charge in [0.25, 0.3) is 0 Å². The van der Waals surface area contributed by atoms with Gasteiger partial charge >= 0.3 is 0 Å². The molecule has 1 aromatic carbocycles. The van der Waals surface area contributed by atoms with E-state index in [0.717, 1.165) is 24.3 Å². The summed E-state index contributed by atoms with van der Waals surface area (Å²) in [5.41, 5.74) is 7.39. The van der Waals surface area contributed by atoms with Crippen molar-refractivity contribution in [1.82, 2.24) is 0 Å². The summed E-state index contributed by atoms with van der Waals surface area (Å²) in [7, 11) is 1.72. The van der Waals surface area contributed by atoms with Gasteiger partial charge in [-0.25, -0.2) is 0 Å². The summed E-state index contributed by atoms with van der Waals surface area (Å²) in [5.74, 6) is 1.27. The number of ether oxygens (including phenoxy) is 2. The van der Waals surface area contributed by atoms with Crippen LogP contribution in [-0.4, -0.2) is 19.8 Å². The van der Waals surface area contributed by atoms with Crippen LogP contribution in [0.15, 0.2) is 24.3 Å². The lowest BCUT2D eigenvalue weighted by Gasteiger charge is -2.21. The Morgan fingerprint density at radius 2 is 1.94 bits per heavy atom. The molecule has 0 saturated carbocycles. The Kier molecular flexibility index (Phi) is 6.16. The maximum atomic E-state index is 6.27. The minimum atomic E-state index is 0.0239. The van der Waals surface area contributed by atoms with Crippen LogP contribution in [0, 0.1) is 5.92 Å². The van der Waals surface area contributed by atoms with Crippen LogP contribution in [0.4, 0.5) is 0 Å². The normalized spacial score (nSPS) is 14.6. The van der Waals surface area contributed by atoms with Crippen LogP contribution in [0.3, 0.4) is 0 Å². The molecule has 3 nitrogen and oxygen atoms in total. The highest BCUT2D eigenvalue weighted by Gasteiger charge is 2.15. The van der Waals surface area contributed by atoms with Gasteiger partial charge in [0.05, 0.1) is 6.10 Å². The van der Waals surface area contributed by atoms with Crippen LogP contribution < -0.4 is 10.5 Å². The van der Waals surface area contributed by atoms with Gasteiger partial charge in [0.2, 0.25) is 0 Å². The monoisotopic (exact) mass is 251 g/mol. The maximum Gasteiger partial charge on any atom is 0.120 e. The van der Waals surface area contributed by atoms with Gasteiger partial charge < -0.3 is 15.2 Å². The van der Waals surface area contributed by atoms with Crippen molar-refractivity contribution < 1.29 is 9.47 Å². The van der Waals surface area contributed by atoms with Crippen molar-refractivity contribution in [1.29, 1.82) is 0 Å². The molecule has 0 radical (unpaired) electrons. The van der Waals surface area contributed by atoms with E-state index in [1.54, 1.807) is 7.11 Å². The predicted molar refractivity (Wildman–Crippen MR) is 74.8 cm³/mol. The quantitative estimate of drug-likeness (QED) is 0.809. The molecule has 2 N–H and O–H groups in total. The Morgan fingerprint density at radius 3 is 2.56 bits per heavy atom. The van der Waals surface area contributed by atoms with Gasteiger partial charge in [-0.3, -0.25) is 0 Å². The van der Waals surface area contributed by atoms with Crippen molar-refractivity contribution in [2.75, 3.05) is 13.7 Å². The van der Waals surface area contributed by atoms with Crippen molar-refractivity contribution in [3.63, 3.8) is 0 Å².